The summed E-state index contributed by atoms with van der Waals surface area (Å²) in [4.78, 5) is 18.8. The number of nitrogens with zero attached hydrogens (tertiary/aromatic N) is 2. The first-order valence-electron chi connectivity index (χ1n) is 7.36. The van der Waals surface area contributed by atoms with Crippen LogP contribution in [0.4, 0.5) is 0 Å². The number of nitrogens with one attached hydrogen (secondary N) is 1. The summed E-state index contributed by atoms with van der Waals surface area (Å²) in [5.41, 5.74) is 0. The first kappa shape index (κ1) is 13.4. The van der Waals surface area contributed by atoms with Gasteiger partial charge in [0.1, 0.15) is 6.04 Å². The molecule has 2 rings (SSSR count). The highest BCUT2D eigenvalue weighted by atomic mass is 16.2. The highest BCUT2D eigenvalue weighted by Gasteiger charge is 2.22. The van der Waals surface area contributed by atoms with Gasteiger partial charge < -0.3 is 10.2 Å². The Kier molecular flexibility index (Phi) is 5.02. The summed E-state index contributed by atoms with van der Waals surface area (Å²) in [6, 6.07) is -0.125. The summed E-state index contributed by atoms with van der Waals surface area (Å²) in [6.45, 7) is 4.73. The number of carbonyl (C=O) groups is 1. The molecule has 4 heteroatoms. The zero-order chi connectivity index (χ0) is 12.8. The normalized spacial score (nSPS) is 22.9. The Bertz CT molecular complexity index is 308. The molecule has 0 saturated carbocycles. The van der Waals surface area contributed by atoms with Crippen LogP contribution in [0.1, 0.15) is 51.9 Å². The molecule has 2 heterocycles. The Labute approximate surface area is 110 Å². The van der Waals surface area contributed by atoms with E-state index in [0.29, 0.717) is 0 Å². The van der Waals surface area contributed by atoms with E-state index in [1.807, 2.05) is 11.8 Å². The summed E-state index contributed by atoms with van der Waals surface area (Å²) >= 11 is 0. The topological polar surface area (TPSA) is 44.7 Å². The summed E-state index contributed by atoms with van der Waals surface area (Å²) < 4.78 is 0. The van der Waals surface area contributed by atoms with Crippen LogP contribution in [0.2, 0.25) is 0 Å². The molecule has 18 heavy (non-hydrogen) atoms. The van der Waals surface area contributed by atoms with Crippen LogP contribution in [0.15, 0.2) is 4.99 Å². The van der Waals surface area contributed by atoms with Crippen LogP contribution in [-0.2, 0) is 4.79 Å². The Morgan fingerprint density at radius 2 is 1.89 bits per heavy atom. The van der Waals surface area contributed by atoms with Gasteiger partial charge in [0.25, 0.3) is 0 Å². The van der Waals surface area contributed by atoms with Crippen molar-refractivity contribution in [1.82, 2.24) is 10.2 Å². The van der Waals surface area contributed by atoms with Gasteiger partial charge in [-0.3, -0.25) is 9.79 Å². The maximum absolute atomic E-state index is 12.3. The number of hydrogen-bond donors (Lipinski definition) is 1. The van der Waals surface area contributed by atoms with Crippen molar-refractivity contribution in [2.75, 3.05) is 19.6 Å². The molecule has 0 radical (unpaired) electrons. The molecule has 4 nitrogen and oxygen atoms in total. The lowest BCUT2D eigenvalue weighted by atomic mass is 10.1. The lowest BCUT2D eigenvalue weighted by Gasteiger charge is -2.29. The van der Waals surface area contributed by atoms with Crippen molar-refractivity contribution in [1.29, 1.82) is 0 Å². The van der Waals surface area contributed by atoms with Crippen molar-refractivity contribution in [3.63, 3.8) is 0 Å². The molecule has 0 aliphatic carbocycles. The molecule has 0 bridgehead atoms. The monoisotopic (exact) mass is 251 g/mol. The average molecular weight is 251 g/mol. The van der Waals surface area contributed by atoms with E-state index < -0.39 is 0 Å². The van der Waals surface area contributed by atoms with Gasteiger partial charge in [-0.1, -0.05) is 6.42 Å². The van der Waals surface area contributed by atoms with Gasteiger partial charge in [0.15, 0.2) is 0 Å². The minimum atomic E-state index is -0.125. The van der Waals surface area contributed by atoms with Gasteiger partial charge in [-0.25, -0.2) is 0 Å². The van der Waals surface area contributed by atoms with Gasteiger partial charge in [0, 0.05) is 26.1 Å². The molecule has 1 saturated heterocycles. The number of likely N-dealkylation sites (tertiary alicyclic amines) is 1. The smallest absolute Gasteiger partial charge is 0.244 e. The number of piperidine rings is 1. The highest BCUT2D eigenvalue weighted by molar-refractivity contribution is 5.89. The van der Waals surface area contributed by atoms with Gasteiger partial charge in [-0.05, 0) is 39.0 Å². The van der Waals surface area contributed by atoms with E-state index in [-0.39, 0.29) is 11.9 Å². The summed E-state index contributed by atoms with van der Waals surface area (Å²) in [5.74, 6) is 1.27. The molecule has 2 aliphatic rings. The third-order valence-electron chi connectivity index (χ3n) is 3.80. The second kappa shape index (κ2) is 6.76. The number of hydrogen-bond acceptors (Lipinski definition) is 3. The molecule has 1 fully saturated rings. The van der Waals surface area contributed by atoms with Crippen molar-refractivity contribution in [2.24, 2.45) is 4.99 Å². The predicted molar refractivity (Wildman–Crippen MR) is 73.8 cm³/mol. The van der Waals surface area contributed by atoms with Gasteiger partial charge in [0.05, 0.1) is 5.84 Å². The number of carbonyl (C=O) groups excluding carboxylic acids is 1. The number of amides is 1. The third kappa shape index (κ3) is 3.72. The second-order valence-electron chi connectivity index (χ2n) is 5.39. The van der Waals surface area contributed by atoms with Crippen LogP contribution in [0.25, 0.3) is 0 Å². The van der Waals surface area contributed by atoms with Crippen LogP contribution in [0, 0.1) is 0 Å². The molecule has 1 amide bonds. The van der Waals surface area contributed by atoms with Crippen molar-refractivity contribution < 1.29 is 4.79 Å². The molecule has 0 aromatic rings. The zero-order valence-electron chi connectivity index (χ0n) is 11.5. The molecular weight excluding hydrogens is 226 g/mol. The first-order valence-corrected chi connectivity index (χ1v) is 7.36. The minimum Gasteiger partial charge on any atom is -0.362 e. The molecule has 1 unspecified atom stereocenters. The maximum atomic E-state index is 12.3. The van der Waals surface area contributed by atoms with Crippen LogP contribution in [0.3, 0.4) is 0 Å². The van der Waals surface area contributed by atoms with Gasteiger partial charge in [-0.15, -0.1) is 0 Å². The Morgan fingerprint density at radius 1 is 1.17 bits per heavy atom. The van der Waals surface area contributed by atoms with Gasteiger partial charge in [-0.2, -0.15) is 0 Å². The third-order valence-corrected chi connectivity index (χ3v) is 3.80. The van der Waals surface area contributed by atoms with Crippen LogP contribution in [-0.4, -0.2) is 42.3 Å². The van der Waals surface area contributed by atoms with Gasteiger partial charge >= 0.3 is 0 Å². The quantitative estimate of drug-likeness (QED) is 0.815. The fraction of sp³-hybridized carbons (Fsp3) is 0.857. The first-order chi connectivity index (χ1) is 8.77. The van der Waals surface area contributed by atoms with Crippen molar-refractivity contribution in [2.45, 2.75) is 57.9 Å². The van der Waals surface area contributed by atoms with E-state index in [0.717, 1.165) is 44.7 Å². The Hall–Kier alpha value is -1.06. The van der Waals surface area contributed by atoms with E-state index in [2.05, 4.69) is 10.3 Å². The molecule has 0 spiro atoms. The zero-order valence-corrected chi connectivity index (χ0v) is 11.5. The van der Waals surface area contributed by atoms with E-state index >= 15 is 0 Å². The summed E-state index contributed by atoms with van der Waals surface area (Å²) in [6.07, 6.45) is 8.19. The Balaban J connectivity index is 1.84. The fourth-order valence-electron chi connectivity index (χ4n) is 2.69. The van der Waals surface area contributed by atoms with E-state index in [9.17, 15) is 4.79 Å². The number of aliphatic imine (C=N–C) groups is 1. The van der Waals surface area contributed by atoms with Crippen LogP contribution in [0.5, 0.6) is 0 Å². The van der Waals surface area contributed by atoms with Crippen molar-refractivity contribution in [3.05, 3.63) is 0 Å². The molecule has 2 aliphatic heterocycles. The molecular formula is C14H25N3O. The maximum Gasteiger partial charge on any atom is 0.244 e. The highest BCUT2D eigenvalue weighted by Crippen LogP contribution is 2.11. The molecule has 1 N–H and O–H groups in total. The van der Waals surface area contributed by atoms with E-state index in [1.165, 1.54) is 25.7 Å². The second-order valence-corrected chi connectivity index (χ2v) is 5.39. The Morgan fingerprint density at radius 3 is 2.67 bits per heavy atom. The van der Waals surface area contributed by atoms with E-state index in [4.69, 9.17) is 0 Å². The van der Waals surface area contributed by atoms with Crippen molar-refractivity contribution in [3.8, 4) is 0 Å². The standard InChI is InChI=1S/C14H25N3O/c1-12(14(18)17-10-6-3-7-11-17)16-13-8-4-2-5-9-15-13/h12H,2-11H2,1H3,(H,15,16). The summed E-state index contributed by atoms with van der Waals surface area (Å²) in [7, 11) is 0. The molecule has 1 atom stereocenters. The number of amidine groups is 1. The lowest BCUT2D eigenvalue weighted by Crippen LogP contribution is -2.48. The minimum absolute atomic E-state index is 0.125. The molecule has 0 aromatic heterocycles. The molecule has 0 aromatic carbocycles. The van der Waals surface area contributed by atoms with Crippen LogP contribution < -0.4 is 5.32 Å². The van der Waals surface area contributed by atoms with E-state index in [1.54, 1.807) is 0 Å². The predicted octanol–water partition coefficient (Wildman–Crippen LogP) is 1.95. The largest absolute Gasteiger partial charge is 0.362 e. The fourth-order valence-corrected chi connectivity index (χ4v) is 2.69. The van der Waals surface area contributed by atoms with Crippen LogP contribution >= 0.6 is 0 Å². The SMILES string of the molecule is CC(NC1=NCCCCC1)C(=O)N1CCCCC1. The number of rotatable bonds is 2. The average Bonchev–Trinajstić information content (AvgIpc) is 2.67. The lowest BCUT2D eigenvalue weighted by molar-refractivity contribution is -0.133. The van der Waals surface area contributed by atoms with Crippen molar-refractivity contribution >= 4 is 11.7 Å². The molecule has 102 valence electrons. The van der Waals surface area contributed by atoms with Gasteiger partial charge in [0.2, 0.25) is 5.91 Å². The summed E-state index contributed by atoms with van der Waals surface area (Å²) in [5, 5.41) is 3.31.